The van der Waals surface area contributed by atoms with E-state index in [9.17, 15) is 9.59 Å². The van der Waals surface area contributed by atoms with Crippen LogP contribution < -0.4 is 10.4 Å². The van der Waals surface area contributed by atoms with Crippen LogP contribution >= 0.6 is 11.6 Å². The third-order valence-electron chi connectivity index (χ3n) is 3.95. The van der Waals surface area contributed by atoms with Crippen molar-refractivity contribution in [3.63, 3.8) is 0 Å². The summed E-state index contributed by atoms with van der Waals surface area (Å²) in [6.07, 6.45) is 0.459. The van der Waals surface area contributed by atoms with E-state index in [1.54, 1.807) is 29.2 Å². The molecule has 1 aliphatic rings. The van der Waals surface area contributed by atoms with Crippen LogP contribution in [0.1, 0.15) is 5.82 Å². The maximum Gasteiger partial charge on any atom is 0.346 e. The van der Waals surface area contributed by atoms with Crippen LogP contribution in [-0.4, -0.2) is 44.9 Å². The lowest BCUT2D eigenvalue weighted by Crippen LogP contribution is -2.38. The number of carbonyl (C=O) groups is 1. The van der Waals surface area contributed by atoms with Gasteiger partial charge in [0.05, 0.1) is 6.07 Å². The number of benzene rings is 1. The van der Waals surface area contributed by atoms with Crippen LogP contribution in [0.3, 0.4) is 0 Å². The Morgan fingerprint density at radius 1 is 1.28 bits per heavy atom. The summed E-state index contributed by atoms with van der Waals surface area (Å²) in [6, 6.07) is 8.70. The van der Waals surface area contributed by atoms with Crippen LogP contribution in [0.5, 0.6) is 5.75 Å². The molecule has 0 N–H and O–H groups in total. The van der Waals surface area contributed by atoms with E-state index in [-0.39, 0.29) is 24.7 Å². The van der Waals surface area contributed by atoms with Crippen molar-refractivity contribution in [3.8, 4) is 11.8 Å². The number of halogens is 1. The van der Waals surface area contributed by atoms with Crippen molar-refractivity contribution in [2.24, 2.45) is 0 Å². The lowest BCUT2D eigenvalue weighted by molar-refractivity contribution is -0.133. The van der Waals surface area contributed by atoms with Gasteiger partial charge in [-0.15, -0.1) is 0 Å². The molecular weight excluding hydrogens is 346 g/mol. The number of fused-ring (bicyclic) bond motifs is 1. The zero-order valence-corrected chi connectivity index (χ0v) is 14.1. The molecule has 0 spiro atoms. The normalized spacial score (nSPS) is 13.7. The van der Waals surface area contributed by atoms with Crippen LogP contribution in [0.25, 0.3) is 0 Å². The van der Waals surface area contributed by atoms with E-state index in [0.29, 0.717) is 42.7 Å². The van der Waals surface area contributed by atoms with Crippen LogP contribution in [0.4, 0.5) is 0 Å². The predicted octanol–water partition coefficient (Wildman–Crippen LogP) is 0.685. The smallest absolute Gasteiger partial charge is 0.346 e. The fourth-order valence-electron chi connectivity index (χ4n) is 2.65. The number of ether oxygens (including phenoxy) is 1. The fourth-order valence-corrected chi connectivity index (χ4v) is 2.78. The lowest BCUT2D eigenvalue weighted by Gasteiger charge is -2.20. The molecule has 0 saturated carbocycles. The van der Waals surface area contributed by atoms with Gasteiger partial charge in [0.15, 0.2) is 6.61 Å². The van der Waals surface area contributed by atoms with Crippen molar-refractivity contribution in [1.29, 1.82) is 5.26 Å². The number of aromatic nitrogens is 3. The van der Waals surface area contributed by atoms with E-state index in [1.807, 2.05) is 6.07 Å². The molecule has 0 saturated heterocycles. The molecule has 1 aliphatic heterocycles. The Kier molecular flexibility index (Phi) is 5.05. The van der Waals surface area contributed by atoms with Gasteiger partial charge in [-0.2, -0.15) is 15.0 Å². The predicted molar refractivity (Wildman–Crippen MR) is 89.3 cm³/mol. The van der Waals surface area contributed by atoms with Gasteiger partial charge in [0.1, 0.15) is 18.1 Å². The molecule has 1 amide bonds. The van der Waals surface area contributed by atoms with Crippen LogP contribution in [0.15, 0.2) is 29.1 Å². The first kappa shape index (κ1) is 17.0. The molecule has 1 aromatic carbocycles. The molecule has 2 heterocycles. The molecule has 0 radical (unpaired) electrons. The first-order valence-corrected chi connectivity index (χ1v) is 8.16. The van der Waals surface area contributed by atoms with Crippen LogP contribution in [0, 0.1) is 11.3 Å². The van der Waals surface area contributed by atoms with Crippen molar-refractivity contribution in [1.82, 2.24) is 19.2 Å². The minimum Gasteiger partial charge on any atom is -0.484 e. The van der Waals surface area contributed by atoms with Crippen molar-refractivity contribution in [2.45, 2.75) is 19.5 Å². The van der Waals surface area contributed by atoms with Gasteiger partial charge >= 0.3 is 5.69 Å². The number of nitrogens with zero attached hydrogens (tertiary/aromatic N) is 5. The van der Waals surface area contributed by atoms with E-state index < -0.39 is 0 Å². The molecule has 2 aromatic rings. The Morgan fingerprint density at radius 2 is 2.04 bits per heavy atom. The standard InChI is InChI=1S/C16H16ClN5O3/c17-12-1-3-13(4-2-12)25-11-15(23)20-7-5-14-19-22(8-6-18)16(24)21(14)10-9-20/h1-4H,5,7-11H2. The highest BCUT2D eigenvalue weighted by molar-refractivity contribution is 6.30. The van der Waals surface area contributed by atoms with Crippen molar-refractivity contribution >= 4 is 17.5 Å². The number of hydrogen-bond acceptors (Lipinski definition) is 5. The van der Waals surface area contributed by atoms with E-state index in [4.69, 9.17) is 21.6 Å². The molecule has 1 aromatic heterocycles. The topological polar surface area (TPSA) is 93.1 Å². The highest BCUT2D eigenvalue weighted by Crippen LogP contribution is 2.15. The Hall–Kier alpha value is -2.79. The number of amides is 1. The summed E-state index contributed by atoms with van der Waals surface area (Å²) in [6.45, 7) is 1.05. The highest BCUT2D eigenvalue weighted by Gasteiger charge is 2.22. The molecule has 0 unspecified atom stereocenters. The number of carbonyl (C=O) groups excluding carboxylic acids is 1. The fraction of sp³-hybridized carbons (Fsp3) is 0.375. The average Bonchev–Trinajstić information content (AvgIpc) is 2.78. The van der Waals surface area contributed by atoms with Crippen LogP contribution in [-0.2, 0) is 24.3 Å². The zero-order valence-electron chi connectivity index (χ0n) is 13.4. The molecule has 0 atom stereocenters. The third kappa shape index (κ3) is 3.83. The Bertz CT molecular complexity index is 865. The van der Waals surface area contributed by atoms with Gasteiger partial charge < -0.3 is 9.64 Å². The van der Waals surface area contributed by atoms with E-state index >= 15 is 0 Å². The quantitative estimate of drug-likeness (QED) is 0.798. The maximum atomic E-state index is 12.3. The summed E-state index contributed by atoms with van der Waals surface area (Å²) in [5.74, 6) is 1.01. The molecule has 130 valence electrons. The van der Waals surface area contributed by atoms with Gasteiger partial charge in [0, 0.05) is 31.1 Å². The van der Waals surface area contributed by atoms with Gasteiger partial charge in [0.2, 0.25) is 0 Å². The summed E-state index contributed by atoms with van der Waals surface area (Å²) < 4.78 is 8.14. The van der Waals surface area contributed by atoms with Crippen molar-refractivity contribution in [2.75, 3.05) is 19.7 Å². The molecule has 0 aliphatic carbocycles. The second kappa shape index (κ2) is 7.40. The van der Waals surface area contributed by atoms with E-state index in [2.05, 4.69) is 5.10 Å². The summed E-state index contributed by atoms with van der Waals surface area (Å²) in [5.41, 5.74) is -0.316. The Labute approximate surface area is 148 Å². The molecule has 0 fully saturated rings. The monoisotopic (exact) mass is 361 g/mol. The summed E-state index contributed by atoms with van der Waals surface area (Å²) >= 11 is 5.81. The SMILES string of the molecule is N#CCn1nc2n(c1=O)CCN(C(=O)COc1ccc(Cl)cc1)CC2. The average molecular weight is 362 g/mol. The van der Waals surface area contributed by atoms with Gasteiger partial charge in [-0.3, -0.25) is 9.36 Å². The molecule has 25 heavy (non-hydrogen) atoms. The first-order chi connectivity index (χ1) is 12.1. The summed E-state index contributed by atoms with van der Waals surface area (Å²) in [4.78, 5) is 26.1. The highest BCUT2D eigenvalue weighted by atomic mass is 35.5. The van der Waals surface area contributed by atoms with Crippen molar-refractivity contribution in [3.05, 3.63) is 45.6 Å². The van der Waals surface area contributed by atoms with E-state index in [0.717, 1.165) is 4.68 Å². The second-order valence-electron chi connectivity index (χ2n) is 5.54. The van der Waals surface area contributed by atoms with E-state index in [1.165, 1.54) is 4.57 Å². The summed E-state index contributed by atoms with van der Waals surface area (Å²) in [7, 11) is 0. The molecule has 9 heteroatoms. The largest absolute Gasteiger partial charge is 0.484 e. The van der Waals surface area contributed by atoms with Crippen molar-refractivity contribution < 1.29 is 9.53 Å². The second-order valence-corrected chi connectivity index (χ2v) is 5.98. The third-order valence-corrected chi connectivity index (χ3v) is 4.20. The first-order valence-electron chi connectivity index (χ1n) is 7.78. The van der Waals surface area contributed by atoms with Gasteiger partial charge in [-0.1, -0.05) is 11.6 Å². The number of hydrogen-bond donors (Lipinski definition) is 0. The minimum absolute atomic E-state index is 0.0730. The number of nitriles is 1. The minimum atomic E-state index is -0.316. The Balaban J connectivity index is 1.60. The number of rotatable bonds is 4. The molecular formula is C16H16ClN5O3. The summed E-state index contributed by atoms with van der Waals surface area (Å²) in [5, 5.41) is 13.5. The van der Waals surface area contributed by atoms with Gasteiger partial charge in [-0.25, -0.2) is 4.79 Å². The molecule has 3 rings (SSSR count). The molecule has 0 bridgehead atoms. The van der Waals surface area contributed by atoms with Crippen LogP contribution in [0.2, 0.25) is 5.02 Å². The maximum absolute atomic E-state index is 12.3. The Morgan fingerprint density at radius 3 is 2.76 bits per heavy atom. The zero-order chi connectivity index (χ0) is 17.8. The lowest BCUT2D eigenvalue weighted by atomic mass is 10.3. The van der Waals surface area contributed by atoms with Gasteiger partial charge in [-0.05, 0) is 24.3 Å². The molecule has 8 nitrogen and oxygen atoms in total. The van der Waals surface area contributed by atoms with Gasteiger partial charge in [0.25, 0.3) is 5.91 Å².